The van der Waals surface area contributed by atoms with Gasteiger partial charge < -0.3 is 4.55 Å². The first-order valence-electron chi connectivity index (χ1n) is 3.16. The minimum Gasteiger partial charge on any atom is -0.750 e. The van der Waals surface area contributed by atoms with Crippen LogP contribution in [0.25, 0.3) is 0 Å². The molecule has 0 fully saturated rings. The lowest BCUT2D eigenvalue weighted by Crippen LogP contribution is -1.97. The molecule has 1 aromatic rings. The van der Waals surface area contributed by atoms with Crippen LogP contribution < -0.4 is 0 Å². The van der Waals surface area contributed by atoms with Crippen molar-refractivity contribution in [3.05, 3.63) is 33.4 Å². The van der Waals surface area contributed by atoms with E-state index in [1.807, 2.05) is 24.3 Å². The quantitative estimate of drug-likeness (QED) is 0.629. The number of hydrogen-bond donors (Lipinski definition) is 0. The molecular weight excluding hydrogens is 291 g/mol. The summed E-state index contributed by atoms with van der Waals surface area (Å²) in [5.74, 6) is 0. The molecule has 0 radical (unpaired) electrons. The van der Waals surface area contributed by atoms with E-state index in [-0.39, 0.29) is 6.61 Å². The van der Waals surface area contributed by atoms with Gasteiger partial charge in [0.1, 0.15) is 0 Å². The molecule has 3 nitrogen and oxygen atoms in total. The fraction of sp³-hybridized carbons (Fsp3) is 0.143. The van der Waals surface area contributed by atoms with Gasteiger partial charge in [-0.25, -0.2) is 4.21 Å². The highest BCUT2D eigenvalue weighted by molar-refractivity contribution is 14.1. The monoisotopic (exact) mass is 297 g/mol. The zero-order chi connectivity index (χ0) is 8.97. The lowest BCUT2D eigenvalue weighted by Gasteiger charge is -2.06. The summed E-state index contributed by atoms with van der Waals surface area (Å²) in [6, 6.07) is 7.45. The number of hydrogen-bond acceptors (Lipinski definition) is 3. The molecule has 0 amide bonds. The Bertz CT molecular complexity index is 290. The zero-order valence-electron chi connectivity index (χ0n) is 6.03. The lowest BCUT2D eigenvalue weighted by atomic mass is 10.2. The zero-order valence-corrected chi connectivity index (χ0v) is 9.00. The molecule has 0 aliphatic carbocycles. The molecule has 0 saturated heterocycles. The molecule has 0 heterocycles. The summed E-state index contributed by atoms with van der Waals surface area (Å²) in [6.45, 7) is 0.106. The van der Waals surface area contributed by atoms with Gasteiger partial charge in [-0.2, -0.15) is 0 Å². The largest absolute Gasteiger partial charge is 0.750 e. The third kappa shape index (κ3) is 3.18. The van der Waals surface area contributed by atoms with Crippen LogP contribution in [-0.2, 0) is 22.2 Å². The minimum atomic E-state index is -2.43. The molecule has 5 heteroatoms. The predicted molar refractivity (Wildman–Crippen MR) is 52.9 cm³/mol. The first kappa shape index (κ1) is 10.1. The van der Waals surface area contributed by atoms with Gasteiger partial charge in [0.05, 0.1) is 18.0 Å². The third-order valence-corrected chi connectivity index (χ3v) is 2.63. The van der Waals surface area contributed by atoms with Crippen molar-refractivity contribution in [3.63, 3.8) is 0 Å². The van der Waals surface area contributed by atoms with E-state index in [1.165, 1.54) is 0 Å². The SMILES string of the molecule is O=S([O-])OCc1ccccc1I. The van der Waals surface area contributed by atoms with Gasteiger partial charge in [0.2, 0.25) is 0 Å². The average Bonchev–Trinajstić information content (AvgIpc) is 2.03. The van der Waals surface area contributed by atoms with Gasteiger partial charge in [-0.3, -0.25) is 4.18 Å². The molecule has 0 aromatic heterocycles. The van der Waals surface area contributed by atoms with Crippen LogP contribution in [0.5, 0.6) is 0 Å². The van der Waals surface area contributed by atoms with Crippen LogP contribution in [0.3, 0.4) is 0 Å². The molecular formula is C7H6IO3S-. The van der Waals surface area contributed by atoms with Crippen LogP contribution >= 0.6 is 22.6 Å². The summed E-state index contributed by atoms with van der Waals surface area (Å²) < 4.78 is 25.5. The van der Waals surface area contributed by atoms with E-state index in [1.54, 1.807) is 0 Å². The lowest BCUT2D eigenvalue weighted by molar-refractivity contribution is 0.290. The van der Waals surface area contributed by atoms with Gasteiger partial charge in [0.15, 0.2) is 0 Å². The maximum atomic E-state index is 10.1. The molecule has 0 aliphatic heterocycles. The van der Waals surface area contributed by atoms with E-state index >= 15 is 0 Å². The second kappa shape index (κ2) is 4.90. The highest BCUT2D eigenvalue weighted by Crippen LogP contribution is 2.12. The Morgan fingerprint density at radius 3 is 2.75 bits per heavy atom. The third-order valence-electron chi connectivity index (χ3n) is 1.27. The van der Waals surface area contributed by atoms with Gasteiger partial charge in [-0.1, -0.05) is 18.2 Å². The van der Waals surface area contributed by atoms with Crippen LogP contribution in [0.4, 0.5) is 0 Å². The molecule has 1 aromatic carbocycles. The topological polar surface area (TPSA) is 49.4 Å². The summed E-state index contributed by atoms with van der Waals surface area (Å²) in [6.07, 6.45) is 0. The van der Waals surface area contributed by atoms with Crippen LogP contribution in [0, 0.1) is 3.57 Å². The number of rotatable bonds is 3. The molecule has 0 N–H and O–H groups in total. The van der Waals surface area contributed by atoms with Crippen molar-refractivity contribution in [3.8, 4) is 0 Å². The van der Waals surface area contributed by atoms with E-state index in [0.29, 0.717) is 0 Å². The second-order valence-corrected chi connectivity index (χ2v) is 3.86. The first-order chi connectivity index (χ1) is 5.70. The standard InChI is InChI=1S/C7H7IO3S/c8-7-4-2-1-3-6(7)5-11-12(9)10/h1-4H,5H2,(H,9,10)/p-1. The minimum absolute atomic E-state index is 0.106. The summed E-state index contributed by atoms with van der Waals surface area (Å²) in [7, 11) is 0. The Morgan fingerprint density at radius 1 is 1.50 bits per heavy atom. The highest BCUT2D eigenvalue weighted by atomic mass is 127. The van der Waals surface area contributed by atoms with Crippen molar-refractivity contribution < 1.29 is 12.9 Å². The van der Waals surface area contributed by atoms with E-state index in [2.05, 4.69) is 26.8 Å². The Morgan fingerprint density at radius 2 is 2.17 bits per heavy atom. The van der Waals surface area contributed by atoms with Gasteiger partial charge >= 0.3 is 0 Å². The van der Waals surface area contributed by atoms with Crippen LogP contribution in [0.15, 0.2) is 24.3 Å². The van der Waals surface area contributed by atoms with E-state index in [9.17, 15) is 8.76 Å². The van der Waals surface area contributed by atoms with Crippen molar-refractivity contribution in [1.82, 2.24) is 0 Å². The Hall–Kier alpha value is 0.0200. The first-order valence-corrected chi connectivity index (χ1v) is 5.24. The molecule has 1 rings (SSSR count). The van der Waals surface area contributed by atoms with Gasteiger partial charge in [0.25, 0.3) is 0 Å². The normalized spacial score (nSPS) is 12.8. The van der Waals surface area contributed by atoms with Crippen molar-refractivity contribution in [2.24, 2.45) is 0 Å². The number of halogens is 1. The Kier molecular flexibility index (Phi) is 4.13. The van der Waals surface area contributed by atoms with E-state index in [0.717, 1.165) is 9.13 Å². The summed E-state index contributed by atoms with van der Waals surface area (Å²) in [4.78, 5) is 0. The summed E-state index contributed by atoms with van der Waals surface area (Å²) in [5.41, 5.74) is 0.877. The van der Waals surface area contributed by atoms with Crippen LogP contribution in [-0.4, -0.2) is 8.76 Å². The van der Waals surface area contributed by atoms with Crippen LogP contribution in [0.2, 0.25) is 0 Å². The predicted octanol–water partition coefficient (Wildman–Crippen LogP) is 1.60. The number of benzene rings is 1. The van der Waals surface area contributed by atoms with Crippen molar-refractivity contribution in [1.29, 1.82) is 0 Å². The fourth-order valence-corrected chi connectivity index (χ4v) is 1.49. The molecule has 1 atom stereocenters. The molecule has 12 heavy (non-hydrogen) atoms. The molecule has 0 saturated carbocycles. The fourth-order valence-electron chi connectivity index (χ4n) is 0.727. The van der Waals surface area contributed by atoms with Gasteiger partial charge in [0, 0.05) is 3.57 Å². The van der Waals surface area contributed by atoms with E-state index < -0.39 is 11.4 Å². The summed E-state index contributed by atoms with van der Waals surface area (Å²) in [5, 5.41) is 0. The Balaban J connectivity index is 2.63. The van der Waals surface area contributed by atoms with E-state index in [4.69, 9.17) is 0 Å². The summed E-state index contributed by atoms with van der Waals surface area (Å²) >= 11 is -0.302. The maximum absolute atomic E-state index is 10.1. The van der Waals surface area contributed by atoms with Gasteiger partial charge in [-0.05, 0) is 34.2 Å². The molecule has 66 valence electrons. The smallest absolute Gasteiger partial charge is 0.0889 e. The Labute approximate surface area is 86.8 Å². The molecule has 1 unspecified atom stereocenters. The molecule has 0 aliphatic rings. The van der Waals surface area contributed by atoms with Crippen LogP contribution in [0.1, 0.15) is 5.56 Å². The second-order valence-electron chi connectivity index (χ2n) is 2.06. The molecule has 0 spiro atoms. The molecule has 0 bridgehead atoms. The van der Waals surface area contributed by atoms with Crippen molar-refractivity contribution >= 4 is 34.0 Å². The highest BCUT2D eigenvalue weighted by Gasteiger charge is 1.97. The maximum Gasteiger partial charge on any atom is 0.0889 e. The van der Waals surface area contributed by atoms with Crippen molar-refractivity contribution in [2.75, 3.05) is 0 Å². The average molecular weight is 297 g/mol. The van der Waals surface area contributed by atoms with Gasteiger partial charge in [-0.15, -0.1) is 0 Å². The van der Waals surface area contributed by atoms with Crippen molar-refractivity contribution in [2.45, 2.75) is 6.61 Å².